The van der Waals surface area contributed by atoms with E-state index in [0.717, 1.165) is 16.7 Å². The molecule has 0 saturated heterocycles. The molecule has 0 aliphatic heterocycles. The number of hydrogen-bond donors (Lipinski definition) is 2. The van der Waals surface area contributed by atoms with E-state index in [2.05, 4.69) is 4.99 Å². The first-order valence-electron chi connectivity index (χ1n) is 8.68. The maximum absolute atomic E-state index is 11.6. The fraction of sp³-hybridized carbons (Fsp3) is 0.174. The lowest BCUT2D eigenvalue weighted by Crippen LogP contribution is -2.38. The molecule has 0 aliphatic carbocycles. The highest BCUT2D eigenvalue weighted by Gasteiger charge is 2.37. The standard InChI is InChI=1S/C23H23NO2/c1-17-10-9-11-19(22(17)25)16-24-18(2)23(26,20-12-5-3-6-13-20)21-14-7-4-8-15-21/h3-16,18,25-26H,1-2H3/t18-/m1/s1. The van der Waals surface area contributed by atoms with E-state index in [-0.39, 0.29) is 5.75 Å². The maximum Gasteiger partial charge on any atom is 0.137 e. The molecule has 3 aromatic carbocycles. The molecule has 0 radical (unpaired) electrons. The molecular formula is C23H23NO2. The zero-order chi connectivity index (χ0) is 18.6. The molecule has 0 bridgehead atoms. The van der Waals surface area contributed by atoms with Crippen LogP contribution in [0.15, 0.2) is 83.9 Å². The van der Waals surface area contributed by atoms with Gasteiger partial charge in [-0.2, -0.15) is 0 Å². The molecule has 26 heavy (non-hydrogen) atoms. The number of benzene rings is 3. The summed E-state index contributed by atoms with van der Waals surface area (Å²) < 4.78 is 0. The van der Waals surface area contributed by atoms with Crippen molar-refractivity contribution in [2.45, 2.75) is 25.5 Å². The van der Waals surface area contributed by atoms with Gasteiger partial charge in [0.05, 0.1) is 6.04 Å². The van der Waals surface area contributed by atoms with Crippen LogP contribution in [0, 0.1) is 6.92 Å². The summed E-state index contributed by atoms with van der Waals surface area (Å²) >= 11 is 0. The number of aliphatic imine (C=N–C) groups is 1. The molecule has 1 atom stereocenters. The lowest BCUT2D eigenvalue weighted by molar-refractivity contribution is 0.0589. The molecule has 3 heteroatoms. The van der Waals surface area contributed by atoms with Gasteiger partial charge in [-0.1, -0.05) is 72.8 Å². The molecule has 0 aromatic heterocycles. The fourth-order valence-corrected chi connectivity index (χ4v) is 3.12. The molecule has 132 valence electrons. The third-order valence-electron chi connectivity index (χ3n) is 4.74. The van der Waals surface area contributed by atoms with Gasteiger partial charge in [0, 0.05) is 11.8 Å². The Morgan fingerprint density at radius 2 is 1.38 bits per heavy atom. The summed E-state index contributed by atoms with van der Waals surface area (Å²) in [6.07, 6.45) is 1.63. The van der Waals surface area contributed by atoms with Crippen LogP contribution in [0.1, 0.15) is 29.2 Å². The Morgan fingerprint density at radius 1 is 0.846 bits per heavy atom. The first kappa shape index (κ1) is 17.9. The van der Waals surface area contributed by atoms with Crippen LogP contribution in [0.2, 0.25) is 0 Å². The van der Waals surface area contributed by atoms with Crippen LogP contribution in [0.3, 0.4) is 0 Å². The molecule has 0 heterocycles. The Balaban J connectivity index is 2.02. The maximum atomic E-state index is 11.6. The molecule has 3 nitrogen and oxygen atoms in total. The molecule has 0 saturated carbocycles. The Hall–Kier alpha value is -2.91. The number of rotatable bonds is 5. The first-order valence-corrected chi connectivity index (χ1v) is 8.68. The minimum atomic E-state index is -1.27. The smallest absolute Gasteiger partial charge is 0.137 e. The summed E-state index contributed by atoms with van der Waals surface area (Å²) in [5.41, 5.74) is 1.73. The number of para-hydroxylation sites is 1. The van der Waals surface area contributed by atoms with Crippen LogP contribution in [0.4, 0.5) is 0 Å². The van der Waals surface area contributed by atoms with E-state index >= 15 is 0 Å². The zero-order valence-electron chi connectivity index (χ0n) is 15.0. The minimum Gasteiger partial charge on any atom is -0.507 e. The van der Waals surface area contributed by atoms with Crippen LogP contribution < -0.4 is 0 Å². The van der Waals surface area contributed by atoms with Crippen molar-refractivity contribution in [3.05, 3.63) is 101 Å². The van der Waals surface area contributed by atoms with Gasteiger partial charge < -0.3 is 10.2 Å². The SMILES string of the molecule is Cc1cccc(C=N[C@H](C)C(O)(c2ccccc2)c2ccccc2)c1O. The Morgan fingerprint density at radius 3 is 1.92 bits per heavy atom. The molecule has 3 rings (SSSR count). The second-order valence-electron chi connectivity index (χ2n) is 6.47. The summed E-state index contributed by atoms with van der Waals surface area (Å²) in [5.74, 6) is 0.214. The van der Waals surface area contributed by atoms with Crippen molar-refractivity contribution in [1.29, 1.82) is 0 Å². The van der Waals surface area contributed by atoms with Gasteiger partial charge >= 0.3 is 0 Å². The summed E-state index contributed by atoms with van der Waals surface area (Å²) in [5, 5.41) is 21.8. The van der Waals surface area contributed by atoms with Gasteiger partial charge in [0.15, 0.2) is 0 Å². The number of nitrogens with zero attached hydrogens (tertiary/aromatic N) is 1. The Kier molecular flexibility index (Phi) is 5.19. The summed E-state index contributed by atoms with van der Waals surface area (Å²) in [4.78, 5) is 4.59. The summed E-state index contributed by atoms with van der Waals surface area (Å²) in [6, 6.07) is 24.2. The lowest BCUT2D eigenvalue weighted by Gasteiger charge is -2.33. The van der Waals surface area contributed by atoms with Crippen molar-refractivity contribution in [2.75, 3.05) is 0 Å². The van der Waals surface area contributed by atoms with E-state index in [4.69, 9.17) is 0 Å². The second-order valence-corrected chi connectivity index (χ2v) is 6.47. The van der Waals surface area contributed by atoms with E-state index in [0.29, 0.717) is 5.56 Å². The predicted octanol–water partition coefficient (Wildman–Crippen LogP) is 4.44. The summed E-state index contributed by atoms with van der Waals surface area (Å²) in [6.45, 7) is 3.73. The third-order valence-corrected chi connectivity index (χ3v) is 4.74. The van der Waals surface area contributed by atoms with Crippen molar-refractivity contribution in [3.8, 4) is 5.75 Å². The van der Waals surface area contributed by atoms with E-state index in [1.165, 1.54) is 0 Å². The van der Waals surface area contributed by atoms with Crippen LogP contribution >= 0.6 is 0 Å². The van der Waals surface area contributed by atoms with E-state index in [1.54, 1.807) is 6.21 Å². The van der Waals surface area contributed by atoms with Gasteiger partial charge in [0.2, 0.25) is 0 Å². The average Bonchev–Trinajstić information content (AvgIpc) is 2.69. The molecule has 0 amide bonds. The molecular weight excluding hydrogens is 322 g/mol. The summed E-state index contributed by atoms with van der Waals surface area (Å²) in [7, 11) is 0. The quantitative estimate of drug-likeness (QED) is 0.672. The topological polar surface area (TPSA) is 52.8 Å². The number of phenols is 1. The number of aromatic hydroxyl groups is 1. The van der Waals surface area contributed by atoms with Gasteiger partial charge in [-0.3, -0.25) is 4.99 Å². The molecule has 0 aliphatic rings. The van der Waals surface area contributed by atoms with Gasteiger partial charge in [0.25, 0.3) is 0 Å². The molecule has 2 N–H and O–H groups in total. The lowest BCUT2D eigenvalue weighted by atomic mass is 9.81. The zero-order valence-corrected chi connectivity index (χ0v) is 15.0. The highest BCUT2D eigenvalue weighted by Crippen LogP contribution is 2.34. The first-order chi connectivity index (χ1) is 12.5. The Labute approximate surface area is 154 Å². The van der Waals surface area contributed by atoms with Gasteiger partial charge in [-0.05, 0) is 36.6 Å². The van der Waals surface area contributed by atoms with Crippen LogP contribution in [-0.2, 0) is 5.60 Å². The van der Waals surface area contributed by atoms with Crippen molar-refractivity contribution in [1.82, 2.24) is 0 Å². The van der Waals surface area contributed by atoms with E-state index in [9.17, 15) is 10.2 Å². The van der Waals surface area contributed by atoms with Crippen molar-refractivity contribution < 1.29 is 10.2 Å². The number of phenolic OH excluding ortho intramolecular Hbond substituents is 1. The van der Waals surface area contributed by atoms with Gasteiger partial charge in [0.1, 0.15) is 11.4 Å². The van der Waals surface area contributed by atoms with Crippen molar-refractivity contribution >= 4 is 6.21 Å². The number of aliphatic hydroxyl groups is 1. The van der Waals surface area contributed by atoms with Gasteiger partial charge in [-0.15, -0.1) is 0 Å². The largest absolute Gasteiger partial charge is 0.507 e. The van der Waals surface area contributed by atoms with Crippen LogP contribution in [0.25, 0.3) is 0 Å². The highest BCUT2D eigenvalue weighted by molar-refractivity contribution is 5.84. The Bertz CT molecular complexity index is 849. The highest BCUT2D eigenvalue weighted by atomic mass is 16.3. The molecule has 0 unspecified atom stereocenters. The third kappa shape index (κ3) is 3.39. The number of hydrogen-bond acceptors (Lipinski definition) is 3. The van der Waals surface area contributed by atoms with Gasteiger partial charge in [-0.25, -0.2) is 0 Å². The fourth-order valence-electron chi connectivity index (χ4n) is 3.12. The second kappa shape index (κ2) is 7.54. The van der Waals surface area contributed by atoms with Crippen molar-refractivity contribution in [2.24, 2.45) is 4.99 Å². The average molecular weight is 345 g/mol. The van der Waals surface area contributed by atoms with Crippen LogP contribution in [-0.4, -0.2) is 22.5 Å². The molecule has 3 aromatic rings. The van der Waals surface area contributed by atoms with Crippen LogP contribution in [0.5, 0.6) is 5.75 Å². The van der Waals surface area contributed by atoms with E-state index in [1.807, 2.05) is 92.7 Å². The monoisotopic (exact) mass is 345 g/mol. The predicted molar refractivity (Wildman–Crippen MR) is 106 cm³/mol. The van der Waals surface area contributed by atoms with E-state index < -0.39 is 11.6 Å². The van der Waals surface area contributed by atoms with Crippen molar-refractivity contribution in [3.63, 3.8) is 0 Å². The number of aryl methyl sites for hydroxylation is 1. The molecule has 0 spiro atoms. The minimum absolute atomic E-state index is 0.214. The molecule has 0 fully saturated rings. The normalized spacial score (nSPS) is 13.0.